The van der Waals surface area contributed by atoms with Gasteiger partial charge >= 0.3 is 5.97 Å². The minimum absolute atomic E-state index is 0.179. The van der Waals surface area contributed by atoms with E-state index >= 15 is 0 Å². The van der Waals surface area contributed by atoms with Crippen molar-refractivity contribution < 1.29 is 14.3 Å². The summed E-state index contributed by atoms with van der Waals surface area (Å²) >= 11 is 5.53. The summed E-state index contributed by atoms with van der Waals surface area (Å²) in [5.41, 5.74) is 3.31. The molecule has 0 saturated heterocycles. The Hall–Kier alpha value is -2.60. The maximum absolute atomic E-state index is 11.5. The summed E-state index contributed by atoms with van der Waals surface area (Å²) < 4.78 is 11.1. The third-order valence-corrected chi connectivity index (χ3v) is 5.03. The standard InChI is InChI=1S/C25H34N2O3S/c1-6-29-23(28)13-10-14-26-25(31)27-24-21(17(2)3)15-20(16-22(24)18(4)5)30-19-11-8-7-9-12-19/h7-9,11-12,15-18H,6,10,13-14H2,1-5H3,(H2,26,27,31). The van der Waals surface area contributed by atoms with Gasteiger partial charge in [-0.2, -0.15) is 0 Å². The Morgan fingerprint density at radius 2 is 1.61 bits per heavy atom. The van der Waals surface area contributed by atoms with Gasteiger partial charge in [-0.25, -0.2) is 0 Å². The van der Waals surface area contributed by atoms with E-state index in [1.54, 1.807) is 0 Å². The van der Waals surface area contributed by atoms with E-state index in [1.807, 2.05) is 37.3 Å². The van der Waals surface area contributed by atoms with Crippen LogP contribution in [0.25, 0.3) is 0 Å². The van der Waals surface area contributed by atoms with Crippen LogP contribution in [0.4, 0.5) is 5.69 Å². The zero-order valence-electron chi connectivity index (χ0n) is 19.2. The molecule has 0 spiro atoms. The van der Waals surface area contributed by atoms with Crippen LogP contribution < -0.4 is 15.4 Å². The number of rotatable bonds is 10. The molecule has 0 heterocycles. The fraction of sp³-hybridized carbons (Fsp3) is 0.440. The van der Waals surface area contributed by atoms with Gasteiger partial charge in [-0.1, -0.05) is 45.9 Å². The van der Waals surface area contributed by atoms with Crippen molar-refractivity contribution in [3.63, 3.8) is 0 Å². The molecule has 5 nitrogen and oxygen atoms in total. The predicted molar refractivity (Wildman–Crippen MR) is 131 cm³/mol. The molecule has 2 aromatic rings. The molecule has 2 rings (SSSR count). The predicted octanol–water partition coefficient (Wildman–Crippen LogP) is 6.36. The average Bonchev–Trinajstić information content (AvgIpc) is 2.72. The second kappa shape index (κ2) is 12.3. The first-order valence-electron chi connectivity index (χ1n) is 10.9. The Morgan fingerprint density at radius 1 is 1.00 bits per heavy atom. The highest BCUT2D eigenvalue weighted by molar-refractivity contribution is 7.80. The molecule has 0 unspecified atom stereocenters. The Bertz CT molecular complexity index is 837. The molecule has 0 aliphatic rings. The third-order valence-electron chi connectivity index (χ3n) is 4.78. The van der Waals surface area contributed by atoms with Gasteiger partial charge in [0.2, 0.25) is 0 Å². The Labute approximate surface area is 191 Å². The number of carbonyl (C=O) groups is 1. The molecule has 6 heteroatoms. The number of esters is 1. The van der Waals surface area contributed by atoms with Gasteiger partial charge in [0.05, 0.1) is 6.61 Å². The summed E-state index contributed by atoms with van der Waals surface area (Å²) in [6.07, 6.45) is 1.04. The highest BCUT2D eigenvalue weighted by Gasteiger charge is 2.18. The lowest BCUT2D eigenvalue weighted by Gasteiger charge is -2.23. The van der Waals surface area contributed by atoms with E-state index in [0.29, 0.717) is 31.1 Å². The van der Waals surface area contributed by atoms with E-state index in [1.165, 1.54) is 0 Å². The first kappa shape index (κ1) is 24.7. The van der Waals surface area contributed by atoms with Gasteiger partial charge in [-0.05, 0) is 72.8 Å². The summed E-state index contributed by atoms with van der Waals surface area (Å²) in [5, 5.41) is 7.14. The summed E-state index contributed by atoms with van der Waals surface area (Å²) in [7, 11) is 0. The number of benzene rings is 2. The van der Waals surface area contributed by atoms with Crippen LogP contribution in [0, 0.1) is 0 Å². The maximum atomic E-state index is 11.5. The van der Waals surface area contributed by atoms with Gasteiger partial charge in [0.25, 0.3) is 0 Å². The van der Waals surface area contributed by atoms with E-state index in [0.717, 1.165) is 28.3 Å². The maximum Gasteiger partial charge on any atom is 0.305 e. The van der Waals surface area contributed by atoms with Crippen LogP contribution in [0.1, 0.15) is 70.4 Å². The molecule has 31 heavy (non-hydrogen) atoms. The van der Waals surface area contributed by atoms with Gasteiger partial charge in [-0.15, -0.1) is 0 Å². The molecular formula is C25H34N2O3S. The normalized spacial score (nSPS) is 10.8. The Morgan fingerprint density at radius 3 is 2.16 bits per heavy atom. The molecule has 0 atom stereocenters. The second-order valence-corrected chi connectivity index (χ2v) is 8.40. The zero-order chi connectivity index (χ0) is 22.8. The lowest BCUT2D eigenvalue weighted by molar-refractivity contribution is -0.143. The van der Waals surface area contributed by atoms with E-state index in [9.17, 15) is 4.79 Å². The van der Waals surface area contributed by atoms with Crippen molar-refractivity contribution in [1.82, 2.24) is 5.32 Å². The van der Waals surface area contributed by atoms with E-state index in [4.69, 9.17) is 21.7 Å². The third kappa shape index (κ3) is 7.87. The van der Waals surface area contributed by atoms with Crippen LogP contribution in [0.2, 0.25) is 0 Å². The summed E-state index contributed by atoms with van der Waals surface area (Å²) in [4.78, 5) is 11.5. The number of anilines is 1. The van der Waals surface area contributed by atoms with E-state index in [2.05, 4.69) is 50.5 Å². The van der Waals surface area contributed by atoms with Crippen LogP contribution in [0.3, 0.4) is 0 Å². The lowest BCUT2D eigenvalue weighted by Crippen LogP contribution is -2.30. The first-order chi connectivity index (χ1) is 14.8. The molecule has 0 radical (unpaired) electrons. The van der Waals surface area contributed by atoms with Gasteiger partial charge in [0, 0.05) is 18.7 Å². The molecule has 2 N–H and O–H groups in total. The number of nitrogens with one attached hydrogen (secondary N) is 2. The van der Waals surface area contributed by atoms with Crippen LogP contribution in [0.5, 0.6) is 11.5 Å². The number of carbonyl (C=O) groups excluding carboxylic acids is 1. The van der Waals surface area contributed by atoms with Crippen LogP contribution in [0.15, 0.2) is 42.5 Å². The molecule has 0 bridgehead atoms. The van der Waals surface area contributed by atoms with Gasteiger partial charge < -0.3 is 20.1 Å². The Balaban J connectivity index is 2.15. The van der Waals surface area contributed by atoms with Crippen molar-refractivity contribution >= 4 is 29.0 Å². The molecule has 168 valence electrons. The number of hydrogen-bond acceptors (Lipinski definition) is 4. The smallest absolute Gasteiger partial charge is 0.305 e. The van der Waals surface area contributed by atoms with Crippen LogP contribution >= 0.6 is 12.2 Å². The minimum atomic E-state index is -0.179. The Kier molecular flexibility index (Phi) is 9.79. The number of hydrogen-bond donors (Lipinski definition) is 2. The zero-order valence-corrected chi connectivity index (χ0v) is 20.0. The van der Waals surface area contributed by atoms with Crippen LogP contribution in [-0.4, -0.2) is 24.2 Å². The van der Waals surface area contributed by atoms with Gasteiger partial charge in [0.15, 0.2) is 5.11 Å². The van der Waals surface area contributed by atoms with Crippen molar-refractivity contribution in [2.45, 2.75) is 59.3 Å². The highest BCUT2D eigenvalue weighted by Crippen LogP contribution is 2.37. The molecular weight excluding hydrogens is 408 g/mol. The first-order valence-corrected chi connectivity index (χ1v) is 11.3. The molecule has 0 aromatic heterocycles. The highest BCUT2D eigenvalue weighted by atomic mass is 32.1. The fourth-order valence-corrected chi connectivity index (χ4v) is 3.43. The van der Waals surface area contributed by atoms with Crippen molar-refractivity contribution in [2.24, 2.45) is 0 Å². The summed E-state index contributed by atoms with van der Waals surface area (Å²) in [5.74, 6) is 2.02. The number of thiocarbonyl (C=S) groups is 1. The van der Waals surface area contributed by atoms with Crippen LogP contribution in [-0.2, 0) is 9.53 Å². The van der Waals surface area contributed by atoms with Crippen molar-refractivity contribution in [3.8, 4) is 11.5 Å². The van der Waals surface area contributed by atoms with E-state index < -0.39 is 0 Å². The van der Waals surface area contributed by atoms with Gasteiger partial charge in [-0.3, -0.25) is 4.79 Å². The number of ether oxygens (including phenoxy) is 2. The second-order valence-electron chi connectivity index (χ2n) is 7.99. The van der Waals surface area contributed by atoms with Gasteiger partial charge in [0.1, 0.15) is 11.5 Å². The fourth-order valence-electron chi connectivity index (χ4n) is 3.22. The van der Waals surface area contributed by atoms with Crippen molar-refractivity contribution in [1.29, 1.82) is 0 Å². The molecule has 0 aliphatic heterocycles. The molecule has 0 saturated carbocycles. The number of para-hydroxylation sites is 1. The van der Waals surface area contributed by atoms with Crippen molar-refractivity contribution in [2.75, 3.05) is 18.5 Å². The average molecular weight is 443 g/mol. The lowest BCUT2D eigenvalue weighted by atomic mass is 9.92. The molecule has 0 aliphatic carbocycles. The SMILES string of the molecule is CCOC(=O)CCCNC(=S)Nc1c(C(C)C)cc(Oc2ccccc2)cc1C(C)C. The van der Waals surface area contributed by atoms with E-state index in [-0.39, 0.29) is 17.8 Å². The monoisotopic (exact) mass is 442 g/mol. The minimum Gasteiger partial charge on any atom is -0.466 e. The van der Waals surface area contributed by atoms with Crippen molar-refractivity contribution in [3.05, 3.63) is 53.6 Å². The molecule has 0 amide bonds. The topological polar surface area (TPSA) is 59.6 Å². The quantitative estimate of drug-likeness (QED) is 0.254. The largest absolute Gasteiger partial charge is 0.466 e. The molecule has 2 aromatic carbocycles. The molecule has 0 fully saturated rings. The summed E-state index contributed by atoms with van der Waals surface area (Å²) in [6.45, 7) is 11.5. The summed E-state index contributed by atoms with van der Waals surface area (Å²) in [6, 6.07) is 14.0.